The predicted molar refractivity (Wildman–Crippen MR) is 73.0 cm³/mol. The van der Waals surface area contributed by atoms with Crippen LogP contribution in [0, 0.1) is 24.2 Å². The van der Waals surface area contributed by atoms with Crippen LogP contribution in [-0.2, 0) is 10.0 Å². The van der Waals surface area contributed by atoms with Gasteiger partial charge in [-0.1, -0.05) is 6.42 Å². The minimum atomic E-state index is -3.49. The van der Waals surface area contributed by atoms with E-state index < -0.39 is 10.0 Å². The lowest BCUT2D eigenvalue weighted by Crippen LogP contribution is -2.40. The summed E-state index contributed by atoms with van der Waals surface area (Å²) in [6.07, 6.45) is 3.37. The van der Waals surface area contributed by atoms with Gasteiger partial charge in [0.05, 0.1) is 16.5 Å². The topological polar surface area (TPSA) is 70.0 Å². The standard InChI is InChI=1S/C14H18N2O2S/c1-10-8-14(7-6-13(10)9-15)19(17,18)16-11(2)12-4-3-5-12/h6-8,11-12,16H,3-5H2,1-2H3. The quantitative estimate of drug-likeness (QED) is 0.919. The molecule has 0 aromatic heterocycles. The van der Waals surface area contributed by atoms with Crippen LogP contribution in [0.15, 0.2) is 23.1 Å². The van der Waals surface area contributed by atoms with Gasteiger partial charge >= 0.3 is 0 Å². The second-order valence-electron chi connectivity index (χ2n) is 5.19. The van der Waals surface area contributed by atoms with E-state index in [9.17, 15) is 8.42 Å². The third kappa shape index (κ3) is 2.96. The Kier molecular flexibility index (Phi) is 3.93. The molecule has 5 heteroatoms. The molecule has 1 aromatic carbocycles. The molecule has 0 radical (unpaired) electrons. The first-order valence-corrected chi connectivity index (χ1v) is 7.95. The molecule has 0 heterocycles. The number of benzene rings is 1. The van der Waals surface area contributed by atoms with Crippen molar-refractivity contribution in [1.82, 2.24) is 4.72 Å². The monoisotopic (exact) mass is 278 g/mol. The highest BCUT2D eigenvalue weighted by Gasteiger charge is 2.27. The predicted octanol–water partition coefficient (Wildman–Crippen LogP) is 2.33. The maximum absolute atomic E-state index is 12.2. The smallest absolute Gasteiger partial charge is 0.208 e. The molecule has 1 aliphatic carbocycles. The van der Waals surface area contributed by atoms with Gasteiger partial charge in [0.15, 0.2) is 0 Å². The van der Waals surface area contributed by atoms with E-state index in [1.165, 1.54) is 12.5 Å². The molecule has 4 nitrogen and oxygen atoms in total. The van der Waals surface area contributed by atoms with Crippen LogP contribution in [0.3, 0.4) is 0 Å². The highest BCUT2D eigenvalue weighted by atomic mass is 32.2. The highest BCUT2D eigenvalue weighted by Crippen LogP contribution is 2.30. The molecule has 0 amide bonds. The first-order chi connectivity index (χ1) is 8.94. The summed E-state index contributed by atoms with van der Waals surface area (Å²) < 4.78 is 27.2. The lowest BCUT2D eigenvalue weighted by atomic mass is 9.81. The van der Waals surface area contributed by atoms with Gasteiger partial charge in [-0.2, -0.15) is 5.26 Å². The third-order valence-electron chi connectivity index (χ3n) is 3.83. The maximum atomic E-state index is 12.2. The summed E-state index contributed by atoms with van der Waals surface area (Å²) in [5, 5.41) is 8.85. The van der Waals surface area contributed by atoms with Crippen LogP contribution >= 0.6 is 0 Å². The first kappa shape index (κ1) is 14.0. The zero-order valence-electron chi connectivity index (χ0n) is 11.2. The number of aryl methyl sites for hydroxylation is 1. The van der Waals surface area contributed by atoms with E-state index in [4.69, 9.17) is 5.26 Å². The molecular formula is C14H18N2O2S. The van der Waals surface area contributed by atoms with Crippen LogP contribution in [0.2, 0.25) is 0 Å². The zero-order chi connectivity index (χ0) is 14.0. The SMILES string of the molecule is Cc1cc(S(=O)(=O)NC(C)C2CCC2)ccc1C#N. The fourth-order valence-corrected chi connectivity index (χ4v) is 3.67. The molecule has 1 saturated carbocycles. The fourth-order valence-electron chi connectivity index (χ4n) is 2.28. The molecule has 2 rings (SSSR count). The Labute approximate surface area is 114 Å². The molecule has 1 N–H and O–H groups in total. The van der Waals surface area contributed by atoms with E-state index in [1.807, 2.05) is 13.0 Å². The Morgan fingerprint density at radius 2 is 2.11 bits per heavy atom. The lowest BCUT2D eigenvalue weighted by molar-refractivity contribution is 0.260. The minimum Gasteiger partial charge on any atom is -0.208 e. The highest BCUT2D eigenvalue weighted by molar-refractivity contribution is 7.89. The molecule has 1 aliphatic rings. The normalized spacial score (nSPS) is 17.5. The van der Waals surface area contributed by atoms with Gasteiger partial charge in [-0.3, -0.25) is 0 Å². The molecule has 1 unspecified atom stereocenters. The van der Waals surface area contributed by atoms with Crippen LogP contribution in [-0.4, -0.2) is 14.5 Å². The fraction of sp³-hybridized carbons (Fsp3) is 0.500. The summed E-state index contributed by atoms with van der Waals surface area (Å²) in [5.74, 6) is 0.453. The Balaban J connectivity index is 2.19. The molecule has 0 spiro atoms. The van der Waals surface area contributed by atoms with Crippen molar-refractivity contribution < 1.29 is 8.42 Å². The number of hydrogen-bond donors (Lipinski definition) is 1. The number of nitrogens with one attached hydrogen (secondary N) is 1. The average Bonchev–Trinajstić information content (AvgIpc) is 2.25. The number of rotatable bonds is 4. The second kappa shape index (κ2) is 5.32. The third-order valence-corrected chi connectivity index (χ3v) is 5.38. The van der Waals surface area contributed by atoms with Gasteiger partial charge < -0.3 is 0 Å². The molecule has 0 aliphatic heterocycles. The van der Waals surface area contributed by atoms with Crippen LogP contribution in [0.5, 0.6) is 0 Å². The van der Waals surface area contributed by atoms with Crippen LogP contribution in [0.1, 0.15) is 37.3 Å². The summed E-state index contributed by atoms with van der Waals surface area (Å²) in [7, 11) is -3.49. The lowest BCUT2D eigenvalue weighted by Gasteiger charge is -2.31. The van der Waals surface area contributed by atoms with E-state index >= 15 is 0 Å². The van der Waals surface area contributed by atoms with Crippen LogP contribution < -0.4 is 4.72 Å². The van der Waals surface area contributed by atoms with Gasteiger partial charge in [0.2, 0.25) is 10.0 Å². The van der Waals surface area contributed by atoms with E-state index in [0.717, 1.165) is 12.8 Å². The van der Waals surface area contributed by atoms with E-state index in [-0.39, 0.29) is 10.9 Å². The first-order valence-electron chi connectivity index (χ1n) is 6.47. The largest absolute Gasteiger partial charge is 0.240 e. The van der Waals surface area contributed by atoms with Crippen molar-refractivity contribution in [3.05, 3.63) is 29.3 Å². The Bertz CT molecular complexity index is 613. The van der Waals surface area contributed by atoms with E-state index in [2.05, 4.69) is 4.72 Å². The van der Waals surface area contributed by atoms with Crippen molar-refractivity contribution in [3.63, 3.8) is 0 Å². The zero-order valence-corrected chi connectivity index (χ0v) is 12.0. The molecule has 1 atom stereocenters. The minimum absolute atomic E-state index is 0.0327. The van der Waals surface area contributed by atoms with Crippen molar-refractivity contribution in [1.29, 1.82) is 5.26 Å². The van der Waals surface area contributed by atoms with Crippen molar-refractivity contribution in [3.8, 4) is 6.07 Å². The van der Waals surface area contributed by atoms with Crippen molar-refractivity contribution in [2.75, 3.05) is 0 Å². The summed E-state index contributed by atoms with van der Waals surface area (Å²) in [4.78, 5) is 0.232. The Hall–Kier alpha value is -1.38. The number of nitriles is 1. The molecule has 19 heavy (non-hydrogen) atoms. The summed E-state index contributed by atoms with van der Waals surface area (Å²) in [5.41, 5.74) is 1.19. The van der Waals surface area contributed by atoms with E-state index in [0.29, 0.717) is 17.0 Å². The Morgan fingerprint density at radius 3 is 2.58 bits per heavy atom. The van der Waals surface area contributed by atoms with Gasteiger partial charge in [-0.15, -0.1) is 0 Å². The van der Waals surface area contributed by atoms with Crippen molar-refractivity contribution >= 4 is 10.0 Å². The van der Waals surface area contributed by atoms with Crippen LogP contribution in [0.4, 0.5) is 0 Å². The van der Waals surface area contributed by atoms with Crippen LogP contribution in [0.25, 0.3) is 0 Å². The van der Waals surface area contributed by atoms with Gasteiger partial charge in [0.1, 0.15) is 0 Å². The van der Waals surface area contributed by atoms with Crippen molar-refractivity contribution in [2.45, 2.75) is 44.0 Å². The summed E-state index contributed by atoms with van der Waals surface area (Å²) in [6, 6.07) is 6.59. The van der Waals surface area contributed by atoms with Gasteiger partial charge in [-0.05, 0) is 56.4 Å². The summed E-state index contributed by atoms with van der Waals surface area (Å²) in [6.45, 7) is 3.66. The number of hydrogen-bond acceptors (Lipinski definition) is 3. The summed E-state index contributed by atoms with van der Waals surface area (Å²) >= 11 is 0. The van der Waals surface area contributed by atoms with Gasteiger partial charge in [0, 0.05) is 6.04 Å². The molecule has 1 fully saturated rings. The van der Waals surface area contributed by atoms with Gasteiger partial charge in [-0.25, -0.2) is 13.1 Å². The number of sulfonamides is 1. The molecule has 0 bridgehead atoms. The van der Waals surface area contributed by atoms with Gasteiger partial charge in [0.25, 0.3) is 0 Å². The van der Waals surface area contributed by atoms with E-state index in [1.54, 1.807) is 19.1 Å². The van der Waals surface area contributed by atoms with Crippen molar-refractivity contribution in [2.24, 2.45) is 5.92 Å². The number of nitrogens with zero attached hydrogens (tertiary/aromatic N) is 1. The maximum Gasteiger partial charge on any atom is 0.240 e. The molecular weight excluding hydrogens is 260 g/mol. The molecule has 1 aromatic rings. The average molecular weight is 278 g/mol. The Morgan fingerprint density at radius 1 is 1.42 bits per heavy atom. The second-order valence-corrected chi connectivity index (χ2v) is 6.90. The molecule has 102 valence electrons. The molecule has 0 saturated heterocycles.